The lowest BCUT2D eigenvalue weighted by atomic mass is 10.1. The van der Waals surface area contributed by atoms with E-state index in [0.29, 0.717) is 37.6 Å². The van der Waals surface area contributed by atoms with Gasteiger partial charge in [0.2, 0.25) is 0 Å². The molecule has 0 aliphatic rings. The number of carbonyl (C=O) groups is 1. The van der Waals surface area contributed by atoms with Gasteiger partial charge in [0, 0.05) is 21.2 Å². The van der Waals surface area contributed by atoms with Gasteiger partial charge in [0.05, 0.1) is 27.4 Å². The van der Waals surface area contributed by atoms with Gasteiger partial charge < -0.3 is 4.74 Å². The highest BCUT2D eigenvalue weighted by molar-refractivity contribution is 6.41. The van der Waals surface area contributed by atoms with Crippen LogP contribution in [0.2, 0.25) is 25.1 Å². The van der Waals surface area contributed by atoms with E-state index in [-0.39, 0.29) is 22.3 Å². The minimum atomic E-state index is -0.564. The van der Waals surface area contributed by atoms with E-state index in [4.69, 9.17) is 62.7 Å². The Morgan fingerprint density at radius 3 is 2.18 bits per heavy atom. The molecule has 28 heavy (non-hydrogen) atoms. The van der Waals surface area contributed by atoms with Gasteiger partial charge >= 0.3 is 5.97 Å². The Labute approximate surface area is 186 Å². The quantitative estimate of drug-likeness (QED) is 0.370. The lowest BCUT2D eigenvalue weighted by molar-refractivity contribution is 0.0518. The van der Waals surface area contributed by atoms with Gasteiger partial charge in [0.15, 0.2) is 5.69 Å². The molecule has 4 nitrogen and oxygen atoms in total. The molecular formula is C19H13Cl5N2O2. The molecule has 1 heterocycles. The number of hydrogen-bond donors (Lipinski definition) is 0. The van der Waals surface area contributed by atoms with Crippen LogP contribution >= 0.6 is 58.0 Å². The second-order valence-electron chi connectivity index (χ2n) is 5.80. The van der Waals surface area contributed by atoms with Gasteiger partial charge in [0.1, 0.15) is 5.69 Å². The van der Waals surface area contributed by atoms with Gasteiger partial charge in [-0.05, 0) is 44.2 Å². The zero-order chi connectivity index (χ0) is 20.6. The van der Waals surface area contributed by atoms with Crippen molar-refractivity contribution in [1.29, 1.82) is 0 Å². The number of rotatable bonds is 4. The molecule has 0 saturated heterocycles. The molecule has 0 N–H and O–H groups in total. The zero-order valence-corrected chi connectivity index (χ0v) is 18.5. The monoisotopic (exact) mass is 476 g/mol. The normalized spacial score (nSPS) is 11.0. The van der Waals surface area contributed by atoms with E-state index in [2.05, 4.69) is 5.10 Å². The van der Waals surface area contributed by atoms with Crippen molar-refractivity contribution < 1.29 is 9.53 Å². The summed E-state index contributed by atoms with van der Waals surface area (Å²) in [7, 11) is 0. The second kappa shape index (κ2) is 8.52. The molecule has 0 amide bonds. The summed E-state index contributed by atoms with van der Waals surface area (Å²) >= 11 is 31.3. The predicted molar refractivity (Wildman–Crippen MR) is 115 cm³/mol. The summed E-state index contributed by atoms with van der Waals surface area (Å²) < 4.78 is 6.59. The van der Waals surface area contributed by atoms with Crippen LogP contribution in [0.25, 0.3) is 16.9 Å². The number of nitrogens with zero attached hydrogens (tertiary/aromatic N) is 2. The van der Waals surface area contributed by atoms with E-state index in [1.165, 1.54) is 4.68 Å². The van der Waals surface area contributed by atoms with Crippen molar-refractivity contribution in [3.63, 3.8) is 0 Å². The maximum Gasteiger partial charge on any atom is 0.359 e. The van der Waals surface area contributed by atoms with Crippen LogP contribution in [0.3, 0.4) is 0 Å². The first-order valence-corrected chi connectivity index (χ1v) is 10.0. The minimum absolute atomic E-state index is 0.130. The first-order valence-electron chi connectivity index (χ1n) is 8.11. The molecule has 0 atom stereocenters. The topological polar surface area (TPSA) is 44.1 Å². The third-order valence-electron chi connectivity index (χ3n) is 3.97. The standard InChI is InChI=1S/C19H13Cl5N2O2/c1-3-28-19(27)16-9(2)17(12-5-4-10(20)6-13(12)22)26(25-16)18-14(23)7-11(21)8-15(18)24/h4-8H,3H2,1-2H3. The Balaban J connectivity index is 2.36. The second-order valence-corrected chi connectivity index (χ2v) is 7.89. The SMILES string of the molecule is CCOC(=O)c1nn(-c2c(Cl)cc(Cl)cc2Cl)c(-c2ccc(Cl)cc2Cl)c1C. The van der Waals surface area contributed by atoms with Crippen LogP contribution in [0.5, 0.6) is 0 Å². The summed E-state index contributed by atoms with van der Waals surface area (Å²) in [5.41, 5.74) is 2.20. The Hall–Kier alpha value is -1.43. The fraction of sp³-hybridized carbons (Fsp3) is 0.158. The van der Waals surface area contributed by atoms with Crippen LogP contribution in [0, 0.1) is 6.92 Å². The smallest absolute Gasteiger partial charge is 0.359 e. The summed E-state index contributed by atoms with van der Waals surface area (Å²) in [6.07, 6.45) is 0. The molecule has 0 aliphatic heterocycles. The van der Waals surface area contributed by atoms with Crippen LogP contribution in [0.4, 0.5) is 0 Å². The van der Waals surface area contributed by atoms with Gasteiger partial charge in [-0.25, -0.2) is 9.48 Å². The molecule has 0 saturated carbocycles. The van der Waals surface area contributed by atoms with E-state index < -0.39 is 5.97 Å². The van der Waals surface area contributed by atoms with Gasteiger partial charge in [-0.2, -0.15) is 5.10 Å². The van der Waals surface area contributed by atoms with Crippen molar-refractivity contribution in [2.24, 2.45) is 0 Å². The molecule has 0 radical (unpaired) electrons. The van der Waals surface area contributed by atoms with E-state index in [9.17, 15) is 4.79 Å². The number of carbonyl (C=O) groups excluding carboxylic acids is 1. The summed E-state index contributed by atoms with van der Waals surface area (Å²) in [6, 6.07) is 8.11. The maximum absolute atomic E-state index is 12.4. The molecule has 0 bridgehead atoms. The number of halogens is 5. The van der Waals surface area contributed by atoms with Crippen molar-refractivity contribution in [3.8, 4) is 16.9 Å². The molecule has 3 aromatic rings. The molecular weight excluding hydrogens is 465 g/mol. The van der Waals surface area contributed by atoms with Crippen molar-refractivity contribution in [2.75, 3.05) is 6.61 Å². The number of esters is 1. The molecule has 0 aliphatic carbocycles. The van der Waals surface area contributed by atoms with Gasteiger partial charge in [0.25, 0.3) is 0 Å². The average Bonchev–Trinajstić information content (AvgIpc) is 2.91. The van der Waals surface area contributed by atoms with Crippen LogP contribution in [-0.2, 0) is 4.74 Å². The minimum Gasteiger partial charge on any atom is -0.461 e. The molecule has 0 fully saturated rings. The molecule has 0 unspecified atom stereocenters. The Morgan fingerprint density at radius 1 is 1.00 bits per heavy atom. The third-order valence-corrected chi connectivity index (χ3v) is 5.31. The van der Waals surface area contributed by atoms with Gasteiger partial charge in [-0.3, -0.25) is 0 Å². The Bertz CT molecular complexity index is 1060. The molecule has 1 aromatic heterocycles. The highest BCUT2D eigenvalue weighted by Crippen LogP contribution is 2.39. The van der Waals surface area contributed by atoms with E-state index >= 15 is 0 Å². The van der Waals surface area contributed by atoms with Crippen LogP contribution < -0.4 is 0 Å². The van der Waals surface area contributed by atoms with Gasteiger partial charge in [-0.1, -0.05) is 58.0 Å². The highest BCUT2D eigenvalue weighted by Gasteiger charge is 2.26. The first kappa shape index (κ1) is 21.3. The third kappa shape index (κ3) is 3.98. The average molecular weight is 479 g/mol. The van der Waals surface area contributed by atoms with Crippen molar-refractivity contribution in [3.05, 3.63) is 66.7 Å². The van der Waals surface area contributed by atoms with Gasteiger partial charge in [-0.15, -0.1) is 0 Å². The van der Waals surface area contributed by atoms with E-state index in [1.807, 2.05) is 0 Å². The fourth-order valence-corrected chi connectivity index (χ4v) is 4.26. The molecule has 0 spiro atoms. The van der Waals surface area contributed by atoms with Crippen molar-refractivity contribution >= 4 is 64.0 Å². The summed E-state index contributed by atoms with van der Waals surface area (Å²) in [5, 5.41) is 6.19. The Morgan fingerprint density at radius 2 is 1.61 bits per heavy atom. The predicted octanol–water partition coefficient (Wildman–Crippen LogP) is 7.29. The Kier molecular flexibility index (Phi) is 6.47. The molecule has 9 heteroatoms. The van der Waals surface area contributed by atoms with E-state index in [1.54, 1.807) is 44.2 Å². The largest absolute Gasteiger partial charge is 0.461 e. The van der Waals surface area contributed by atoms with Crippen LogP contribution in [-0.4, -0.2) is 22.4 Å². The van der Waals surface area contributed by atoms with E-state index in [0.717, 1.165) is 0 Å². The lowest BCUT2D eigenvalue weighted by Gasteiger charge is -2.13. The molecule has 146 valence electrons. The summed E-state index contributed by atoms with van der Waals surface area (Å²) in [6.45, 7) is 3.67. The maximum atomic E-state index is 12.4. The summed E-state index contributed by atoms with van der Waals surface area (Å²) in [5.74, 6) is -0.564. The highest BCUT2D eigenvalue weighted by atomic mass is 35.5. The lowest BCUT2D eigenvalue weighted by Crippen LogP contribution is -2.08. The number of benzene rings is 2. The fourth-order valence-electron chi connectivity index (χ4n) is 2.79. The first-order chi connectivity index (χ1) is 13.2. The van der Waals surface area contributed by atoms with Crippen LogP contribution in [0.15, 0.2) is 30.3 Å². The summed E-state index contributed by atoms with van der Waals surface area (Å²) in [4.78, 5) is 12.4. The van der Waals surface area contributed by atoms with Crippen LogP contribution in [0.1, 0.15) is 23.0 Å². The zero-order valence-electron chi connectivity index (χ0n) is 14.7. The molecule has 3 rings (SSSR count). The molecule has 2 aromatic carbocycles. The number of aromatic nitrogens is 2. The van der Waals surface area contributed by atoms with Crippen molar-refractivity contribution in [2.45, 2.75) is 13.8 Å². The van der Waals surface area contributed by atoms with Crippen molar-refractivity contribution in [1.82, 2.24) is 9.78 Å². The number of ether oxygens (including phenoxy) is 1. The number of hydrogen-bond acceptors (Lipinski definition) is 3.